The molecule has 0 radical (unpaired) electrons. The fourth-order valence-corrected chi connectivity index (χ4v) is 0.982. The predicted molar refractivity (Wildman–Crippen MR) is 54.3 cm³/mol. The minimum absolute atomic E-state index is 0.366. The molecule has 0 aromatic heterocycles. The van der Waals surface area contributed by atoms with E-state index in [0.29, 0.717) is 13.2 Å². The highest BCUT2D eigenvalue weighted by Gasteiger charge is 2.00. The van der Waals surface area contributed by atoms with Gasteiger partial charge in [-0.1, -0.05) is 22.6 Å². The first-order valence-corrected chi connectivity index (χ1v) is 5.30. The highest BCUT2D eigenvalue weighted by molar-refractivity contribution is 14.1. The number of halogens is 1. The smallest absolute Gasteiger partial charge is 0.0897 e. The number of hydrogen-bond donors (Lipinski definition) is 2. The summed E-state index contributed by atoms with van der Waals surface area (Å²) in [4.78, 5) is 0. The molecule has 0 aliphatic rings. The van der Waals surface area contributed by atoms with Crippen LogP contribution in [-0.4, -0.2) is 42.4 Å². The summed E-state index contributed by atoms with van der Waals surface area (Å²) in [6.45, 7) is 1.80. The molecule has 0 aromatic rings. The van der Waals surface area contributed by atoms with Crippen molar-refractivity contribution in [2.24, 2.45) is 0 Å². The molecule has 0 spiro atoms. The van der Waals surface area contributed by atoms with Crippen molar-refractivity contribution in [3.63, 3.8) is 0 Å². The minimum atomic E-state index is -0.366. The van der Waals surface area contributed by atoms with Crippen LogP contribution in [0.15, 0.2) is 0 Å². The second kappa shape index (κ2) is 8.70. The summed E-state index contributed by atoms with van der Waals surface area (Å²) < 4.78 is 6.30. The van der Waals surface area contributed by atoms with Crippen molar-refractivity contribution >= 4 is 22.6 Å². The SMILES string of the molecule is CNCC(O)COCCCI. The molecule has 0 rings (SSSR count). The van der Waals surface area contributed by atoms with Gasteiger partial charge < -0.3 is 15.2 Å². The highest BCUT2D eigenvalue weighted by Crippen LogP contribution is 1.90. The Bertz CT molecular complexity index is 82.8. The summed E-state index contributed by atoms with van der Waals surface area (Å²) in [5.41, 5.74) is 0. The van der Waals surface area contributed by atoms with Gasteiger partial charge in [0, 0.05) is 17.6 Å². The molecule has 0 aromatic carbocycles. The molecule has 1 atom stereocenters. The van der Waals surface area contributed by atoms with Crippen LogP contribution in [0.2, 0.25) is 0 Å². The van der Waals surface area contributed by atoms with Gasteiger partial charge >= 0.3 is 0 Å². The number of alkyl halides is 1. The Morgan fingerprint density at radius 3 is 2.91 bits per heavy atom. The topological polar surface area (TPSA) is 41.5 Å². The minimum Gasteiger partial charge on any atom is -0.389 e. The van der Waals surface area contributed by atoms with E-state index in [1.165, 1.54) is 0 Å². The lowest BCUT2D eigenvalue weighted by Crippen LogP contribution is -2.28. The lowest BCUT2D eigenvalue weighted by Gasteiger charge is -2.09. The number of nitrogens with one attached hydrogen (secondary N) is 1. The van der Waals surface area contributed by atoms with E-state index in [4.69, 9.17) is 9.84 Å². The molecule has 0 heterocycles. The molecule has 4 heteroatoms. The Labute approximate surface area is 81.6 Å². The summed E-state index contributed by atoms with van der Waals surface area (Å²) in [5, 5.41) is 12.0. The zero-order valence-electron chi connectivity index (χ0n) is 6.85. The summed E-state index contributed by atoms with van der Waals surface area (Å²) in [6.07, 6.45) is 0.696. The maximum Gasteiger partial charge on any atom is 0.0897 e. The molecule has 0 aliphatic heterocycles. The molecular formula is C7H16INO2. The van der Waals surface area contributed by atoms with Crippen LogP contribution in [0.25, 0.3) is 0 Å². The van der Waals surface area contributed by atoms with E-state index < -0.39 is 0 Å². The third-order valence-electron chi connectivity index (χ3n) is 1.17. The quantitative estimate of drug-likeness (QED) is 0.401. The van der Waals surface area contributed by atoms with Gasteiger partial charge in [0.1, 0.15) is 0 Å². The van der Waals surface area contributed by atoms with Crippen molar-refractivity contribution in [1.82, 2.24) is 5.32 Å². The van der Waals surface area contributed by atoms with Gasteiger partial charge in [0.15, 0.2) is 0 Å². The Balaban J connectivity index is 2.97. The van der Waals surface area contributed by atoms with Crippen LogP contribution in [0.1, 0.15) is 6.42 Å². The molecule has 0 saturated carbocycles. The number of rotatable bonds is 7. The van der Waals surface area contributed by atoms with Crippen LogP contribution < -0.4 is 5.32 Å². The number of aliphatic hydroxyl groups is 1. The molecule has 0 amide bonds. The van der Waals surface area contributed by atoms with E-state index in [9.17, 15) is 0 Å². The van der Waals surface area contributed by atoms with Gasteiger partial charge in [-0.05, 0) is 13.5 Å². The standard InChI is InChI=1S/C7H16INO2/c1-9-5-7(10)6-11-4-2-3-8/h7,9-10H,2-6H2,1H3. The number of aliphatic hydroxyl groups excluding tert-OH is 1. The molecule has 0 aliphatic carbocycles. The molecule has 68 valence electrons. The van der Waals surface area contributed by atoms with Crippen molar-refractivity contribution in [3.05, 3.63) is 0 Å². The Hall–Kier alpha value is 0.610. The fourth-order valence-electron chi connectivity index (χ4n) is 0.671. The highest BCUT2D eigenvalue weighted by atomic mass is 127. The Morgan fingerprint density at radius 1 is 1.64 bits per heavy atom. The van der Waals surface area contributed by atoms with Gasteiger partial charge in [0.25, 0.3) is 0 Å². The van der Waals surface area contributed by atoms with Crippen molar-refractivity contribution in [2.45, 2.75) is 12.5 Å². The molecule has 0 fully saturated rings. The third-order valence-corrected chi connectivity index (χ3v) is 1.94. The van der Waals surface area contributed by atoms with E-state index in [1.54, 1.807) is 0 Å². The summed E-state index contributed by atoms with van der Waals surface area (Å²) in [6, 6.07) is 0. The Morgan fingerprint density at radius 2 is 2.36 bits per heavy atom. The maximum absolute atomic E-state index is 9.16. The van der Waals surface area contributed by atoms with E-state index in [-0.39, 0.29) is 6.10 Å². The maximum atomic E-state index is 9.16. The molecule has 11 heavy (non-hydrogen) atoms. The molecular weight excluding hydrogens is 257 g/mol. The first kappa shape index (κ1) is 11.6. The average molecular weight is 273 g/mol. The normalized spacial score (nSPS) is 13.4. The van der Waals surface area contributed by atoms with Crippen molar-refractivity contribution in [3.8, 4) is 0 Å². The second-order valence-electron chi connectivity index (χ2n) is 2.33. The van der Waals surface area contributed by atoms with Crippen LogP contribution in [0.3, 0.4) is 0 Å². The summed E-state index contributed by atoms with van der Waals surface area (Å²) in [7, 11) is 1.81. The van der Waals surface area contributed by atoms with E-state index in [1.807, 2.05) is 7.05 Å². The van der Waals surface area contributed by atoms with Crippen LogP contribution in [0.4, 0.5) is 0 Å². The first-order chi connectivity index (χ1) is 5.31. The van der Waals surface area contributed by atoms with E-state index >= 15 is 0 Å². The summed E-state index contributed by atoms with van der Waals surface area (Å²) >= 11 is 2.31. The molecule has 0 bridgehead atoms. The molecule has 2 N–H and O–H groups in total. The van der Waals surface area contributed by atoms with Gasteiger partial charge in [-0.2, -0.15) is 0 Å². The Kier molecular flexibility index (Phi) is 9.19. The molecule has 3 nitrogen and oxygen atoms in total. The van der Waals surface area contributed by atoms with Crippen molar-refractivity contribution in [1.29, 1.82) is 0 Å². The predicted octanol–water partition coefficient (Wildman–Crippen LogP) is 0.408. The number of ether oxygens (including phenoxy) is 1. The largest absolute Gasteiger partial charge is 0.389 e. The summed E-state index contributed by atoms with van der Waals surface area (Å²) in [5.74, 6) is 0. The zero-order chi connectivity index (χ0) is 8.53. The number of hydrogen-bond acceptors (Lipinski definition) is 3. The van der Waals surface area contributed by atoms with Crippen LogP contribution in [0.5, 0.6) is 0 Å². The van der Waals surface area contributed by atoms with Gasteiger partial charge in [-0.25, -0.2) is 0 Å². The molecule has 1 unspecified atom stereocenters. The van der Waals surface area contributed by atoms with Gasteiger partial charge in [-0.3, -0.25) is 0 Å². The second-order valence-corrected chi connectivity index (χ2v) is 3.41. The van der Waals surface area contributed by atoms with E-state index in [0.717, 1.165) is 17.5 Å². The first-order valence-electron chi connectivity index (χ1n) is 3.77. The van der Waals surface area contributed by atoms with Gasteiger partial charge in [0.2, 0.25) is 0 Å². The lowest BCUT2D eigenvalue weighted by molar-refractivity contribution is 0.0387. The molecule has 0 saturated heterocycles. The monoisotopic (exact) mass is 273 g/mol. The van der Waals surface area contributed by atoms with Crippen LogP contribution in [0, 0.1) is 0 Å². The van der Waals surface area contributed by atoms with Crippen LogP contribution in [-0.2, 0) is 4.74 Å². The van der Waals surface area contributed by atoms with Gasteiger partial charge in [0.05, 0.1) is 12.7 Å². The van der Waals surface area contributed by atoms with Crippen molar-refractivity contribution in [2.75, 3.05) is 31.2 Å². The van der Waals surface area contributed by atoms with Crippen molar-refractivity contribution < 1.29 is 9.84 Å². The zero-order valence-corrected chi connectivity index (χ0v) is 9.00. The number of likely N-dealkylation sites (N-methyl/N-ethyl adjacent to an activating group) is 1. The van der Waals surface area contributed by atoms with Crippen LogP contribution >= 0.6 is 22.6 Å². The average Bonchev–Trinajstić information content (AvgIpc) is 1.99. The lowest BCUT2D eigenvalue weighted by atomic mass is 10.4. The fraction of sp³-hybridized carbons (Fsp3) is 1.00. The van der Waals surface area contributed by atoms with E-state index in [2.05, 4.69) is 27.9 Å². The third kappa shape index (κ3) is 8.52. The van der Waals surface area contributed by atoms with Gasteiger partial charge in [-0.15, -0.1) is 0 Å².